The highest BCUT2D eigenvalue weighted by molar-refractivity contribution is 8.00. The summed E-state index contributed by atoms with van der Waals surface area (Å²) in [6.45, 7) is 3.24. The Balaban J connectivity index is 2.04. The largest absolute Gasteiger partial charge is 0.480 e. The number of nitrogens with one attached hydrogen (secondary N) is 1. The molecule has 1 aromatic rings. The first-order valence-electron chi connectivity index (χ1n) is 7.90. The van der Waals surface area contributed by atoms with Crippen molar-refractivity contribution in [2.24, 2.45) is 0 Å². The zero-order valence-electron chi connectivity index (χ0n) is 14.0. The third kappa shape index (κ3) is 4.60. The predicted molar refractivity (Wildman–Crippen MR) is 94.4 cm³/mol. The molecular formula is C17H20N2O5S. The molecule has 0 aliphatic carbocycles. The van der Waals surface area contributed by atoms with E-state index in [1.807, 2.05) is 19.1 Å². The Morgan fingerprint density at radius 1 is 1.32 bits per heavy atom. The summed E-state index contributed by atoms with van der Waals surface area (Å²) in [5.74, 6) is -2.28. The van der Waals surface area contributed by atoms with Gasteiger partial charge in [0.1, 0.15) is 6.04 Å². The van der Waals surface area contributed by atoms with Crippen molar-refractivity contribution in [3.05, 3.63) is 29.8 Å². The molecule has 0 unspecified atom stereocenters. The summed E-state index contributed by atoms with van der Waals surface area (Å²) in [5.41, 5.74) is 1.63. The topological polar surface area (TPSA) is 104 Å². The number of carbonyl (C=O) groups is 4. The van der Waals surface area contributed by atoms with Crippen LogP contribution in [0.1, 0.15) is 25.8 Å². The van der Waals surface area contributed by atoms with Gasteiger partial charge in [-0.1, -0.05) is 19.1 Å². The van der Waals surface area contributed by atoms with E-state index in [0.29, 0.717) is 5.69 Å². The standard InChI is InChI=1S/C17H20N2O5S/c1-3-11-4-6-12(7-5-11)19-15(21)8-14(16(19)22)25-9-13(17(23)24)18-10(2)20/h4-7,13-14H,3,8-9H2,1-2H3,(H,18,20)(H,23,24)/t13-,14-/m0/s1. The number of carboxylic acid groups (broad SMARTS) is 1. The SMILES string of the molecule is CCc1ccc(N2C(=O)C[C@H](SC[C@H](NC(C)=O)C(=O)O)C2=O)cc1. The Hall–Kier alpha value is -2.35. The maximum atomic E-state index is 12.5. The second-order valence-electron chi connectivity index (χ2n) is 5.70. The molecule has 0 radical (unpaired) electrons. The Morgan fingerprint density at radius 2 is 1.96 bits per heavy atom. The zero-order chi connectivity index (χ0) is 18.6. The first-order valence-corrected chi connectivity index (χ1v) is 8.95. The third-order valence-electron chi connectivity index (χ3n) is 3.85. The number of carboxylic acids is 1. The van der Waals surface area contributed by atoms with Gasteiger partial charge < -0.3 is 10.4 Å². The number of anilines is 1. The van der Waals surface area contributed by atoms with Gasteiger partial charge in [-0.05, 0) is 24.1 Å². The molecule has 134 valence electrons. The minimum Gasteiger partial charge on any atom is -0.480 e. The van der Waals surface area contributed by atoms with Gasteiger partial charge in [-0.25, -0.2) is 9.69 Å². The average Bonchev–Trinajstić information content (AvgIpc) is 2.85. The van der Waals surface area contributed by atoms with E-state index in [0.717, 1.165) is 28.6 Å². The van der Waals surface area contributed by atoms with E-state index in [4.69, 9.17) is 5.11 Å². The van der Waals surface area contributed by atoms with Crippen LogP contribution in [0.25, 0.3) is 0 Å². The highest BCUT2D eigenvalue weighted by atomic mass is 32.2. The molecule has 7 nitrogen and oxygen atoms in total. The Kier molecular flexibility index (Phi) is 6.19. The van der Waals surface area contributed by atoms with Gasteiger partial charge in [0.05, 0.1) is 10.9 Å². The van der Waals surface area contributed by atoms with E-state index in [1.54, 1.807) is 12.1 Å². The van der Waals surface area contributed by atoms with Crippen LogP contribution >= 0.6 is 11.8 Å². The molecule has 0 bridgehead atoms. The molecule has 8 heteroatoms. The van der Waals surface area contributed by atoms with Crippen molar-refractivity contribution < 1.29 is 24.3 Å². The van der Waals surface area contributed by atoms with Crippen molar-refractivity contribution in [2.75, 3.05) is 10.7 Å². The van der Waals surface area contributed by atoms with Crippen LogP contribution in [0.5, 0.6) is 0 Å². The van der Waals surface area contributed by atoms with E-state index in [1.165, 1.54) is 6.92 Å². The molecule has 1 aliphatic rings. The van der Waals surface area contributed by atoms with Crippen molar-refractivity contribution >= 4 is 41.1 Å². The van der Waals surface area contributed by atoms with Crippen LogP contribution in [0.2, 0.25) is 0 Å². The lowest BCUT2D eigenvalue weighted by Crippen LogP contribution is -2.42. The Morgan fingerprint density at radius 3 is 2.48 bits per heavy atom. The lowest BCUT2D eigenvalue weighted by Gasteiger charge is -2.17. The van der Waals surface area contributed by atoms with Crippen LogP contribution in [0.3, 0.4) is 0 Å². The number of rotatable bonds is 7. The first-order chi connectivity index (χ1) is 11.8. The zero-order valence-corrected chi connectivity index (χ0v) is 14.8. The van der Waals surface area contributed by atoms with Crippen molar-refractivity contribution in [1.82, 2.24) is 5.32 Å². The molecule has 2 atom stereocenters. The fourth-order valence-electron chi connectivity index (χ4n) is 2.52. The Bertz CT molecular complexity index is 689. The second kappa shape index (κ2) is 8.15. The van der Waals surface area contributed by atoms with Gasteiger partial charge in [-0.2, -0.15) is 0 Å². The van der Waals surface area contributed by atoms with E-state index in [9.17, 15) is 19.2 Å². The quantitative estimate of drug-likeness (QED) is 0.705. The maximum absolute atomic E-state index is 12.5. The molecule has 0 spiro atoms. The molecule has 1 fully saturated rings. The number of imide groups is 1. The molecule has 0 aromatic heterocycles. The van der Waals surface area contributed by atoms with Crippen molar-refractivity contribution in [2.45, 2.75) is 38.0 Å². The number of amides is 3. The average molecular weight is 364 g/mol. The van der Waals surface area contributed by atoms with Crippen molar-refractivity contribution in [3.8, 4) is 0 Å². The summed E-state index contributed by atoms with van der Waals surface area (Å²) in [7, 11) is 0. The van der Waals surface area contributed by atoms with Crippen LogP contribution < -0.4 is 10.2 Å². The third-order valence-corrected chi connectivity index (χ3v) is 5.14. The number of nitrogens with zero attached hydrogens (tertiary/aromatic N) is 1. The number of aliphatic carboxylic acids is 1. The van der Waals surface area contributed by atoms with Crippen LogP contribution in [-0.2, 0) is 25.6 Å². The van der Waals surface area contributed by atoms with Gasteiger partial charge in [0.15, 0.2) is 0 Å². The van der Waals surface area contributed by atoms with Gasteiger partial charge in [0, 0.05) is 19.1 Å². The van der Waals surface area contributed by atoms with Crippen LogP contribution in [0.4, 0.5) is 5.69 Å². The van der Waals surface area contributed by atoms with Crippen molar-refractivity contribution in [3.63, 3.8) is 0 Å². The summed E-state index contributed by atoms with van der Waals surface area (Å²) < 4.78 is 0. The van der Waals surface area contributed by atoms with Gasteiger partial charge >= 0.3 is 5.97 Å². The highest BCUT2D eigenvalue weighted by Gasteiger charge is 2.40. The summed E-state index contributed by atoms with van der Waals surface area (Å²) in [4.78, 5) is 48.1. The predicted octanol–water partition coefficient (Wildman–Crippen LogP) is 1.20. The fraction of sp³-hybridized carbons (Fsp3) is 0.412. The molecule has 1 aromatic carbocycles. The van der Waals surface area contributed by atoms with Crippen LogP contribution in [0.15, 0.2) is 24.3 Å². The van der Waals surface area contributed by atoms with Crippen molar-refractivity contribution in [1.29, 1.82) is 0 Å². The number of hydrogen-bond acceptors (Lipinski definition) is 5. The van der Waals surface area contributed by atoms with E-state index >= 15 is 0 Å². The van der Waals surface area contributed by atoms with Gasteiger partial charge in [0.2, 0.25) is 17.7 Å². The first kappa shape index (κ1) is 19.0. The smallest absolute Gasteiger partial charge is 0.327 e. The fourth-order valence-corrected chi connectivity index (χ4v) is 3.68. The number of aryl methyl sites for hydroxylation is 1. The second-order valence-corrected chi connectivity index (χ2v) is 6.94. The molecule has 25 heavy (non-hydrogen) atoms. The summed E-state index contributed by atoms with van der Waals surface area (Å²) in [6, 6.07) is 6.11. The summed E-state index contributed by atoms with van der Waals surface area (Å²) in [5, 5.41) is 10.8. The molecule has 1 aliphatic heterocycles. The van der Waals surface area contributed by atoms with Crippen LogP contribution in [-0.4, -0.2) is 45.8 Å². The van der Waals surface area contributed by atoms with E-state index in [2.05, 4.69) is 5.32 Å². The normalized spacial score (nSPS) is 18.3. The van der Waals surface area contributed by atoms with E-state index in [-0.39, 0.29) is 24.0 Å². The monoisotopic (exact) mass is 364 g/mol. The molecular weight excluding hydrogens is 344 g/mol. The number of benzene rings is 1. The van der Waals surface area contributed by atoms with Gasteiger partial charge in [0.25, 0.3) is 0 Å². The lowest BCUT2D eigenvalue weighted by atomic mass is 10.1. The van der Waals surface area contributed by atoms with E-state index < -0.39 is 23.2 Å². The molecule has 3 amide bonds. The number of thioether (sulfide) groups is 1. The maximum Gasteiger partial charge on any atom is 0.327 e. The number of carbonyl (C=O) groups excluding carboxylic acids is 3. The van der Waals surface area contributed by atoms with Gasteiger partial charge in [-0.15, -0.1) is 11.8 Å². The van der Waals surface area contributed by atoms with Gasteiger partial charge in [-0.3, -0.25) is 14.4 Å². The summed E-state index contributed by atoms with van der Waals surface area (Å²) in [6.07, 6.45) is 0.881. The highest BCUT2D eigenvalue weighted by Crippen LogP contribution is 2.30. The molecule has 2 N–H and O–H groups in total. The minimum atomic E-state index is -1.17. The molecule has 2 rings (SSSR count). The lowest BCUT2D eigenvalue weighted by molar-refractivity contribution is -0.140. The number of hydrogen-bond donors (Lipinski definition) is 2. The minimum absolute atomic E-state index is 0.0151. The summed E-state index contributed by atoms with van der Waals surface area (Å²) >= 11 is 1.07. The molecule has 1 heterocycles. The van der Waals surface area contributed by atoms with Crippen LogP contribution in [0, 0.1) is 0 Å². The molecule has 1 saturated heterocycles. The molecule has 0 saturated carbocycles. The Labute approximate surface area is 149 Å².